The molecule has 9 heavy (non-hydrogen) atoms. The summed E-state index contributed by atoms with van der Waals surface area (Å²) in [5.41, 5.74) is 0. The lowest BCUT2D eigenvalue weighted by atomic mass is 10.0. The largest absolute Gasteiger partial charge is 0.126 e. The number of rotatable bonds is 1. The maximum atomic E-state index is 5.75. The van der Waals surface area contributed by atoms with Crippen LogP contribution in [0, 0.1) is 5.92 Å². The predicted molar refractivity (Wildman–Crippen MR) is 41.9 cm³/mol. The third-order valence-corrected chi connectivity index (χ3v) is 2.63. The molecule has 0 atom stereocenters. The minimum absolute atomic E-state index is 0.842. The van der Waals surface area contributed by atoms with E-state index in [2.05, 4.69) is 0 Å². The van der Waals surface area contributed by atoms with Crippen molar-refractivity contribution < 1.29 is 0 Å². The summed E-state index contributed by atoms with van der Waals surface area (Å²) < 4.78 is 0. The molecule has 0 aromatic heterocycles. The second-order valence-electron chi connectivity index (χ2n) is 3.01. The van der Waals surface area contributed by atoms with E-state index in [4.69, 9.17) is 11.6 Å². The van der Waals surface area contributed by atoms with E-state index in [1.54, 1.807) is 0 Å². The van der Waals surface area contributed by atoms with Gasteiger partial charge in [-0.3, -0.25) is 0 Å². The van der Waals surface area contributed by atoms with Crippen LogP contribution in [0.5, 0.6) is 0 Å². The Balaban J connectivity index is 2.18. The van der Waals surface area contributed by atoms with Crippen LogP contribution >= 0.6 is 11.6 Å². The molecule has 1 aliphatic rings. The zero-order valence-electron chi connectivity index (χ0n) is 5.91. The number of halogens is 1. The molecule has 0 N–H and O–H groups in total. The first kappa shape index (κ1) is 7.40. The van der Waals surface area contributed by atoms with Gasteiger partial charge in [-0.25, -0.2) is 0 Å². The van der Waals surface area contributed by atoms with Crippen LogP contribution in [-0.4, -0.2) is 5.88 Å². The number of hydrogen-bond acceptors (Lipinski definition) is 0. The van der Waals surface area contributed by atoms with E-state index < -0.39 is 0 Å². The van der Waals surface area contributed by atoms with Crippen molar-refractivity contribution >= 4 is 11.6 Å². The second-order valence-corrected chi connectivity index (χ2v) is 3.32. The Morgan fingerprint density at radius 1 is 1.00 bits per heavy atom. The van der Waals surface area contributed by atoms with Crippen molar-refractivity contribution in [2.24, 2.45) is 5.92 Å². The van der Waals surface area contributed by atoms with Crippen LogP contribution in [0.3, 0.4) is 0 Å². The minimum atomic E-state index is 0.842. The number of hydrogen-bond donors (Lipinski definition) is 0. The summed E-state index contributed by atoms with van der Waals surface area (Å²) >= 11 is 5.75. The van der Waals surface area contributed by atoms with Crippen molar-refractivity contribution in [1.82, 2.24) is 0 Å². The summed E-state index contributed by atoms with van der Waals surface area (Å²) in [6.07, 6.45) is 8.46. The van der Waals surface area contributed by atoms with Gasteiger partial charge in [0.25, 0.3) is 0 Å². The van der Waals surface area contributed by atoms with Crippen LogP contribution in [0.1, 0.15) is 38.5 Å². The van der Waals surface area contributed by atoms with Crippen molar-refractivity contribution in [3.8, 4) is 0 Å². The van der Waals surface area contributed by atoms with Crippen molar-refractivity contribution in [3.05, 3.63) is 0 Å². The van der Waals surface area contributed by atoms with Gasteiger partial charge in [0.1, 0.15) is 0 Å². The Morgan fingerprint density at radius 2 is 1.56 bits per heavy atom. The standard InChI is InChI=1S/C8H15Cl/c9-7-8-5-3-1-2-4-6-8/h8H,1-7H2. The fourth-order valence-electron chi connectivity index (χ4n) is 1.52. The van der Waals surface area contributed by atoms with Crippen molar-refractivity contribution in [2.45, 2.75) is 38.5 Å². The maximum Gasteiger partial charge on any atom is 0.0251 e. The van der Waals surface area contributed by atoms with Gasteiger partial charge in [0.2, 0.25) is 0 Å². The summed E-state index contributed by atoms with van der Waals surface area (Å²) in [5.74, 6) is 1.73. The lowest BCUT2D eigenvalue weighted by Gasteiger charge is -2.07. The molecule has 1 rings (SSSR count). The van der Waals surface area contributed by atoms with Crippen LogP contribution in [0.15, 0.2) is 0 Å². The molecule has 0 aromatic carbocycles. The fourth-order valence-corrected chi connectivity index (χ4v) is 1.83. The molecule has 0 heterocycles. The van der Waals surface area contributed by atoms with Gasteiger partial charge < -0.3 is 0 Å². The molecule has 0 aliphatic heterocycles. The lowest BCUT2D eigenvalue weighted by Crippen LogP contribution is -1.98. The van der Waals surface area contributed by atoms with E-state index in [9.17, 15) is 0 Å². The molecule has 1 aliphatic carbocycles. The Morgan fingerprint density at radius 3 is 2.00 bits per heavy atom. The van der Waals surface area contributed by atoms with Gasteiger partial charge >= 0.3 is 0 Å². The minimum Gasteiger partial charge on any atom is -0.126 e. The van der Waals surface area contributed by atoms with Crippen molar-refractivity contribution in [2.75, 3.05) is 5.88 Å². The second kappa shape index (κ2) is 4.16. The molecule has 1 heteroatoms. The highest BCUT2D eigenvalue weighted by Crippen LogP contribution is 2.23. The third-order valence-electron chi connectivity index (χ3n) is 2.19. The summed E-state index contributed by atoms with van der Waals surface area (Å²) in [5, 5.41) is 0. The van der Waals surface area contributed by atoms with Gasteiger partial charge in [0, 0.05) is 5.88 Å². The highest BCUT2D eigenvalue weighted by atomic mass is 35.5. The average molecular weight is 147 g/mol. The van der Waals surface area contributed by atoms with Gasteiger partial charge in [-0.2, -0.15) is 0 Å². The zero-order valence-corrected chi connectivity index (χ0v) is 6.66. The Bertz CT molecular complexity index is 63.0. The van der Waals surface area contributed by atoms with Gasteiger partial charge in [-0.1, -0.05) is 25.7 Å². The Hall–Kier alpha value is 0.290. The monoisotopic (exact) mass is 146 g/mol. The topological polar surface area (TPSA) is 0 Å². The molecule has 0 unspecified atom stereocenters. The quantitative estimate of drug-likeness (QED) is 0.394. The molecular weight excluding hydrogens is 132 g/mol. The summed E-state index contributed by atoms with van der Waals surface area (Å²) in [4.78, 5) is 0. The van der Waals surface area contributed by atoms with Gasteiger partial charge in [0.15, 0.2) is 0 Å². The SMILES string of the molecule is ClCC1CCCCCC1. The van der Waals surface area contributed by atoms with Gasteiger partial charge in [0.05, 0.1) is 0 Å². The van der Waals surface area contributed by atoms with E-state index in [-0.39, 0.29) is 0 Å². The van der Waals surface area contributed by atoms with Crippen LogP contribution in [-0.2, 0) is 0 Å². The highest BCUT2D eigenvalue weighted by Gasteiger charge is 2.09. The first-order valence-corrected chi connectivity index (χ1v) is 4.53. The molecule has 1 fully saturated rings. The van der Waals surface area contributed by atoms with Crippen LogP contribution < -0.4 is 0 Å². The van der Waals surface area contributed by atoms with Gasteiger partial charge in [-0.05, 0) is 18.8 Å². The maximum absolute atomic E-state index is 5.75. The third kappa shape index (κ3) is 2.57. The van der Waals surface area contributed by atoms with E-state index in [0.717, 1.165) is 11.8 Å². The van der Waals surface area contributed by atoms with Crippen LogP contribution in [0.4, 0.5) is 0 Å². The van der Waals surface area contributed by atoms with E-state index in [1.165, 1.54) is 38.5 Å². The van der Waals surface area contributed by atoms with Crippen LogP contribution in [0.2, 0.25) is 0 Å². The molecule has 0 bridgehead atoms. The van der Waals surface area contributed by atoms with Crippen LogP contribution in [0.25, 0.3) is 0 Å². The summed E-state index contributed by atoms with van der Waals surface area (Å²) in [7, 11) is 0. The highest BCUT2D eigenvalue weighted by molar-refractivity contribution is 6.18. The first-order chi connectivity index (χ1) is 4.43. The molecule has 0 amide bonds. The molecule has 54 valence electrons. The molecule has 0 radical (unpaired) electrons. The lowest BCUT2D eigenvalue weighted by molar-refractivity contribution is 0.510. The molecular formula is C8H15Cl. The molecule has 0 aromatic rings. The normalized spacial score (nSPS) is 23.7. The molecule has 0 nitrogen and oxygen atoms in total. The number of alkyl halides is 1. The summed E-state index contributed by atoms with van der Waals surface area (Å²) in [6.45, 7) is 0. The van der Waals surface area contributed by atoms with E-state index in [0.29, 0.717) is 0 Å². The van der Waals surface area contributed by atoms with Crippen molar-refractivity contribution in [3.63, 3.8) is 0 Å². The first-order valence-electron chi connectivity index (χ1n) is 3.99. The van der Waals surface area contributed by atoms with E-state index in [1.807, 2.05) is 0 Å². The van der Waals surface area contributed by atoms with E-state index >= 15 is 0 Å². The Labute approximate surface area is 62.6 Å². The smallest absolute Gasteiger partial charge is 0.0251 e. The van der Waals surface area contributed by atoms with Crippen molar-refractivity contribution in [1.29, 1.82) is 0 Å². The molecule has 0 spiro atoms. The average Bonchev–Trinajstić information content (AvgIpc) is 2.13. The fraction of sp³-hybridized carbons (Fsp3) is 1.00. The molecule has 0 saturated heterocycles. The zero-order chi connectivity index (χ0) is 6.53. The Kier molecular flexibility index (Phi) is 3.42. The van der Waals surface area contributed by atoms with Gasteiger partial charge in [-0.15, -0.1) is 11.6 Å². The molecule has 1 saturated carbocycles. The summed E-state index contributed by atoms with van der Waals surface area (Å²) in [6, 6.07) is 0. The predicted octanol–water partition coefficient (Wildman–Crippen LogP) is 3.20.